The van der Waals surface area contributed by atoms with Crippen molar-refractivity contribution in [3.05, 3.63) is 40.0 Å². The van der Waals surface area contributed by atoms with Crippen LogP contribution in [-0.4, -0.2) is 4.98 Å². The monoisotopic (exact) mass is 232 g/mol. The topological polar surface area (TPSA) is 61.7 Å². The zero-order valence-corrected chi connectivity index (χ0v) is 11.0. The van der Waals surface area contributed by atoms with Gasteiger partial charge in [0, 0.05) is 22.7 Å². The van der Waals surface area contributed by atoms with E-state index in [0.717, 1.165) is 11.3 Å². The van der Waals surface area contributed by atoms with Crippen molar-refractivity contribution >= 4 is 0 Å². The van der Waals surface area contributed by atoms with Crippen molar-refractivity contribution in [1.82, 2.24) is 4.98 Å². The van der Waals surface area contributed by atoms with Crippen LogP contribution in [0.25, 0.3) is 10.4 Å². The summed E-state index contributed by atoms with van der Waals surface area (Å²) in [6, 6.07) is 4.04. The van der Waals surface area contributed by atoms with E-state index in [1.165, 1.54) is 0 Å². The Balaban J connectivity index is 2.88. The summed E-state index contributed by atoms with van der Waals surface area (Å²) in [5, 5.41) is 3.53. The molecule has 0 saturated heterocycles. The van der Waals surface area contributed by atoms with Gasteiger partial charge < -0.3 is 0 Å². The van der Waals surface area contributed by atoms with Gasteiger partial charge in [-0.1, -0.05) is 38.9 Å². The molecule has 1 rings (SSSR count). The van der Waals surface area contributed by atoms with Crippen molar-refractivity contribution in [2.45, 2.75) is 40.2 Å². The summed E-state index contributed by atoms with van der Waals surface area (Å²) in [6.45, 7) is 9.26. The number of rotatable bonds is 5. The molecule has 0 radical (unpaired) electrons. The molecule has 0 unspecified atom stereocenters. The van der Waals surface area contributed by atoms with Gasteiger partial charge in [-0.3, -0.25) is 4.98 Å². The Hall–Kier alpha value is -1.54. The summed E-state index contributed by atoms with van der Waals surface area (Å²) in [4.78, 5) is 7.23. The Labute approximate surface area is 103 Å². The van der Waals surface area contributed by atoms with Gasteiger partial charge in [0.1, 0.15) is 0 Å². The first kappa shape index (κ1) is 13.5. The van der Waals surface area contributed by atoms with Crippen LogP contribution in [0, 0.1) is 11.8 Å². The minimum absolute atomic E-state index is 0.373. The molecular formula is C13H20N4. The SMILES string of the molecule is CC(C)C(c1ccc(CN=[N+]=[N-])cn1)C(C)C. The van der Waals surface area contributed by atoms with Crippen LogP contribution in [-0.2, 0) is 6.54 Å². The molecule has 17 heavy (non-hydrogen) atoms. The second kappa shape index (κ2) is 6.26. The predicted octanol–water partition coefficient (Wildman–Crippen LogP) is 4.29. The molecule has 4 heteroatoms. The quantitative estimate of drug-likeness (QED) is 0.424. The molecule has 0 spiro atoms. The van der Waals surface area contributed by atoms with E-state index in [1.807, 2.05) is 18.3 Å². The van der Waals surface area contributed by atoms with E-state index in [9.17, 15) is 0 Å². The third kappa shape index (κ3) is 3.75. The molecule has 0 fully saturated rings. The lowest BCUT2D eigenvalue weighted by Gasteiger charge is -2.24. The van der Waals surface area contributed by atoms with Gasteiger partial charge in [-0.05, 0) is 29.0 Å². The molecule has 0 aliphatic carbocycles. The summed E-state index contributed by atoms with van der Waals surface area (Å²) in [7, 11) is 0. The van der Waals surface area contributed by atoms with E-state index in [4.69, 9.17) is 5.53 Å². The molecule has 0 amide bonds. The van der Waals surface area contributed by atoms with E-state index < -0.39 is 0 Å². The van der Waals surface area contributed by atoms with Gasteiger partial charge in [0.15, 0.2) is 0 Å². The van der Waals surface area contributed by atoms with Gasteiger partial charge >= 0.3 is 0 Å². The maximum atomic E-state index is 8.25. The van der Waals surface area contributed by atoms with E-state index in [-0.39, 0.29) is 0 Å². The van der Waals surface area contributed by atoms with Gasteiger partial charge in [0.05, 0.1) is 6.54 Å². The molecule has 0 bridgehead atoms. The standard InChI is InChI=1S/C13H20N4/c1-9(2)13(10(3)4)12-6-5-11(7-15-12)8-16-17-14/h5-7,9-10,13H,8H2,1-4H3. The minimum Gasteiger partial charge on any atom is -0.261 e. The normalized spacial score (nSPS) is 11.0. The second-order valence-corrected chi connectivity index (χ2v) is 4.99. The third-order valence-electron chi connectivity index (χ3n) is 2.94. The van der Waals surface area contributed by atoms with Crippen molar-refractivity contribution in [2.24, 2.45) is 17.0 Å². The average molecular weight is 232 g/mol. The predicted molar refractivity (Wildman–Crippen MR) is 69.5 cm³/mol. The molecule has 0 N–H and O–H groups in total. The van der Waals surface area contributed by atoms with Gasteiger partial charge in [-0.25, -0.2) is 0 Å². The van der Waals surface area contributed by atoms with Gasteiger partial charge in [0.2, 0.25) is 0 Å². The minimum atomic E-state index is 0.373. The Morgan fingerprint density at radius 2 is 1.88 bits per heavy atom. The number of hydrogen-bond donors (Lipinski definition) is 0. The highest BCUT2D eigenvalue weighted by atomic mass is 15.1. The van der Waals surface area contributed by atoms with Gasteiger partial charge in [0.25, 0.3) is 0 Å². The smallest absolute Gasteiger partial charge is 0.0526 e. The molecule has 0 aliphatic rings. The summed E-state index contributed by atoms with van der Waals surface area (Å²) in [6.07, 6.45) is 1.81. The van der Waals surface area contributed by atoms with E-state index in [1.54, 1.807) is 0 Å². The average Bonchev–Trinajstić information content (AvgIpc) is 2.27. The van der Waals surface area contributed by atoms with Crippen LogP contribution in [0.3, 0.4) is 0 Å². The molecular weight excluding hydrogens is 212 g/mol. The molecule has 0 saturated carbocycles. The Kier molecular flexibility index (Phi) is 4.98. The van der Waals surface area contributed by atoms with E-state index >= 15 is 0 Å². The number of hydrogen-bond acceptors (Lipinski definition) is 2. The maximum Gasteiger partial charge on any atom is 0.0526 e. The molecule has 92 valence electrons. The fourth-order valence-corrected chi connectivity index (χ4v) is 2.29. The van der Waals surface area contributed by atoms with Crippen molar-refractivity contribution in [2.75, 3.05) is 0 Å². The first-order chi connectivity index (χ1) is 8.06. The first-order valence-electron chi connectivity index (χ1n) is 6.02. The van der Waals surface area contributed by atoms with Gasteiger partial charge in [-0.2, -0.15) is 0 Å². The zero-order chi connectivity index (χ0) is 12.8. The van der Waals surface area contributed by atoms with Crippen LogP contribution in [0.15, 0.2) is 23.4 Å². The molecule has 1 aromatic heterocycles. The first-order valence-corrected chi connectivity index (χ1v) is 6.02. The summed E-state index contributed by atoms with van der Waals surface area (Å²) in [5.74, 6) is 1.62. The van der Waals surface area contributed by atoms with E-state index in [2.05, 4.69) is 42.7 Å². The second-order valence-electron chi connectivity index (χ2n) is 4.99. The number of azide groups is 1. The lowest BCUT2D eigenvalue weighted by atomic mass is 9.82. The van der Waals surface area contributed by atoms with Crippen LogP contribution in [0.2, 0.25) is 0 Å². The lowest BCUT2D eigenvalue weighted by molar-refractivity contribution is 0.380. The Morgan fingerprint density at radius 1 is 1.24 bits per heavy atom. The maximum absolute atomic E-state index is 8.25. The fraction of sp³-hybridized carbons (Fsp3) is 0.615. The Bertz CT molecular complexity index is 380. The number of nitrogens with zero attached hydrogens (tertiary/aromatic N) is 4. The molecule has 1 aromatic rings. The van der Waals surface area contributed by atoms with Crippen LogP contribution >= 0.6 is 0 Å². The Morgan fingerprint density at radius 3 is 2.29 bits per heavy atom. The molecule has 4 nitrogen and oxygen atoms in total. The highest BCUT2D eigenvalue weighted by Crippen LogP contribution is 2.30. The van der Waals surface area contributed by atoms with E-state index in [0.29, 0.717) is 24.3 Å². The summed E-state index contributed by atoms with van der Waals surface area (Å²) >= 11 is 0. The van der Waals surface area contributed by atoms with Crippen LogP contribution in [0.5, 0.6) is 0 Å². The van der Waals surface area contributed by atoms with Crippen LogP contribution in [0.4, 0.5) is 0 Å². The van der Waals surface area contributed by atoms with Crippen molar-refractivity contribution < 1.29 is 0 Å². The highest BCUT2D eigenvalue weighted by molar-refractivity contribution is 5.17. The summed E-state index contributed by atoms with van der Waals surface area (Å²) < 4.78 is 0. The summed E-state index contributed by atoms with van der Waals surface area (Å²) in [5.41, 5.74) is 10.3. The van der Waals surface area contributed by atoms with Crippen molar-refractivity contribution in [3.8, 4) is 0 Å². The molecule has 1 heterocycles. The molecule has 0 aromatic carbocycles. The van der Waals surface area contributed by atoms with Crippen molar-refractivity contribution in [3.63, 3.8) is 0 Å². The van der Waals surface area contributed by atoms with Gasteiger partial charge in [-0.15, -0.1) is 0 Å². The lowest BCUT2D eigenvalue weighted by Crippen LogP contribution is -2.14. The molecule has 0 aliphatic heterocycles. The van der Waals surface area contributed by atoms with Crippen LogP contribution in [0.1, 0.15) is 44.9 Å². The highest BCUT2D eigenvalue weighted by Gasteiger charge is 2.20. The van der Waals surface area contributed by atoms with Crippen LogP contribution < -0.4 is 0 Å². The largest absolute Gasteiger partial charge is 0.261 e. The number of aromatic nitrogens is 1. The molecule has 0 atom stereocenters. The fourth-order valence-electron chi connectivity index (χ4n) is 2.29. The number of pyridine rings is 1. The van der Waals surface area contributed by atoms with Crippen molar-refractivity contribution in [1.29, 1.82) is 0 Å². The third-order valence-corrected chi connectivity index (χ3v) is 2.94. The zero-order valence-electron chi connectivity index (χ0n) is 11.0.